The molecule has 0 radical (unpaired) electrons. The molecule has 1 aliphatic carbocycles. The minimum Gasteiger partial charge on any atom is -0.377 e. The lowest BCUT2D eigenvalue weighted by atomic mass is 10.1. The number of aromatic nitrogens is 2. The van der Waals surface area contributed by atoms with Crippen molar-refractivity contribution in [2.24, 2.45) is 0 Å². The summed E-state index contributed by atoms with van der Waals surface area (Å²) in [5, 5.41) is 0. The number of rotatable bonds is 6. The van der Waals surface area contributed by atoms with E-state index in [1.165, 1.54) is 25.7 Å². The fourth-order valence-corrected chi connectivity index (χ4v) is 3.77. The largest absolute Gasteiger partial charge is 0.377 e. The van der Waals surface area contributed by atoms with Crippen LogP contribution in [0.2, 0.25) is 0 Å². The van der Waals surface area contributed by atoms with E-state index in [0.717, 1.165) is 18.5 Å². The molecule has 1 amide bonds. The number of aryl methyl sites for hydroxylation is 1. The molecule has 1 atom stereocenters. The third-order valence-electron chi connectivity index (χ3n) is 5.23. The SMILES string of the molecule is CN(CC(=O)N1CCOCC1CCc1cnccn1)C1CCCC1. The van der Waals surface area contributed by atoms with Crippen molar-refractivity contribution in [3.8, 4) is 0 Å². The van der Waals surface area contributed by atoms with Crippen LogP contribution >= 0.6 is 0 Å². The van der Waals surface area contributed by atoms with Crippen molar-refractivity contribution in [2.45, 2.75) is 50.6 Å². The van der Waals surface area contributed by atoms with Crippen molar-refractivity contribution in [1.29, 1.82) is 0 Å². The van der Waals surface area contributed by atoms with E-state index >= 15 is 0 Å². The Morgan fingerprint density at radius 1 is 1.38 bits per heavy atom. The zero-order valence-electron chi connectivity index (χ0n) is 14.6. The molecule has 1 saturated carbocycles. The van der Waals surface area contributed by atoms with Crippen LogP contribution in [0.25, 0.3) is 0 Å². The third-order valence-corrected chi connectivity index (χ3v) is 5.23. The molecular weight excluding hydrogens is 304 g/mol. The fourth-order valence-electron chi connectivity index (χ4n) is 3.77. The van der Waals surface area contributed by atoms with Gasteiger partial charge < -0.3 is 9.64 Å². The van der Waals surface area contributed by atoms with E-state index in [9.17, 15) is 4.79 Å². The van der Waals surface area contributed by atoms with Crippen LogP contribution < -0.4 is 0 Å². The molecule has 2 heterocycles. The molecule has 6 heteroatoms. The van der Waals surface area contributed by atoms with Crippen LogP contribution in [0, 0.1) is 0 Å². The van der Waals surface area contributed by atoms with Crippen molar-refractivity contribution < 1.29 is 9.53 Å². The number of nitrogens with zero attached hydrogens (tertiary/aromatic N) is 4. The minimum absolute atomic E-state index is 0.144. The fraction of sp³-hybridized carbons (Fsp3) is 0.722. The van der Waals surface area contributed by atoms with Crippen molar-refractivity contribution in [2.75, 3.05) is 33.4 Å². The molecule has 1 aliphatic heterocycles. The summed E-state index contributed by atoms with van der Waals surface area (Å²) in [5.41, 5.74) is 0.971. The molecule has 1 aromatic rings. The van der Waals surface area contributed by atoms with Crippen LogP contribution in [0.4, 0.5) is 0 Å². The summed E-state index contributed by atoms with van der Waals surface area (Å²) >= 11 is 0. The Hall–Kier alpha value is -1.53. The van der Waals surface area contributed by atoms with E-state index in [4.69, 9.17) is 4.74 Å². The van der Waals surface area contributed by atoms with Crippen LogP contribution in [0.1, 0.15) is 37.8 Å². The number of ether oxygens (including phenoxy) is 1. The summed E-state index contributed by atoms with van der Waals surface area (Å²) in [6, 6.07) is 0.721. The van der Waals surface area contributed by atoms with Crippen LogP contribution in [0.5, 0.6) is 0 Å². The molecule has 0 spiro atoms. The van der Waals surface area contributed by atoms with E-state index in [1.54, 1.807) is 18.6 Å². The molecule has 1 aromatic heterocycles. The topological polar surface area (TPSA) is 58.6 Å². The average Bonchev–Trinajstić information content (AvgIpc) is 3.16. The summed E-state index contributed by atoms with van der Waals surface area (Å²) in [4.78, 5) is 25.5. The van der Waals surface area contributed by atoms with Crippen molar-refractivity contribution in [3.05, 3.63) is 24.3 Å². The van der Waals surface area contributed by atoms with Crippen LogP contribution in [-0.2, 0) is 16.0 Å². The van der Waals surface area contributed by atoms with Gasteiger partial charge in [0, 0.05) is 31.2 Å². The second-order valence-corrected chi connectivity index (χ2v) is 6.90. The van der Waals surface area contributed by atoms with Gasteiger partial charge in [-0.1, -0.05) is 12.8 Å². The van der Waals surface area contributed by atoms with Gasteiger partial charge in [-0.2, -0.15) is 0 Å². The van der Waals surface area contributed by atoms with Gasteiger partial charge in [0.15, 0.2) is 0 Å². The first-order chi connectivity index (χ1) is 11.7. The smallest absolute Gasteiger partial charge is 0.237 e. The highest BCUT2D eigenvalue weighted by Crippen LogP contribution is 2.22. The standard InChI is InChI=1S/C18H28N4O2/c1-21(16-4-2-3-5-16)13-18(23)22-10-11-24-14-17(22)7-6-15-12-19-8-9-20-15/h8-9,12,16-17H,2-7,10-11,13-14H2,1H3. The summed E-state index contributed by atoms with van der Waals surface area (Å²) < 4.78 is 5.61. The molecule has 0 bridgehead atoms. The van der Waals surface area contributed by atoms with Gasteiger partial charge in [0.25, 0.3) is 0 Å². The Bertz CT molecular complexity index is 519. The monoisotopic (exact) mass is 332 g/mol. The number of carbonyl (C=O) groups excluding carboxylic acids is 1. The van der Waals surface area contributed by atoms with Gasteiger partial charge >= 0.3 is 0 Å². The maximum absolute atomic E-state index is 12.8. The predicted octanol–water partition coefficient (Wildman–Crippen LogP) is 1.51. The Morgan fingerprint density at radius 2 is 2.21 bits per heavy atom. The Balaban J connectivity index is 1.53. The first-order valence-electron chi connectivity index (χ1n) is 9.06. The quantitative estimate of drug-likeness (QED) is 0.790. The average molecular weight is 332 g/mol. The highest BCUT2D eigenvalue weighted by Gasteiger charge is 2.29. The second kappa shape index (κ2) is 8.53. The third kappa shape index (κ3) is 4.51. The van der Waals surface area contributed by atoms with Gasteiger partial charge in [-0.05, 0) is 32.7 Å². The number of hydrogen-bond donors (Lipinski definition) is 0. The van der Waals surface area contributed by atoms with Crippen molar-refractivity contribution >= 4 is 5.91 Å². The predicted molar refractivity (Wildman–Crippen MR) is 91.6 cm³/mol. The molecule has 1 saturated heterocycles. The van der Waals surface area contributed by atoms with Crippen molar-refractivity contribution in [1.82, 2.24) is 19.8 Å². The number of amides is 1. The molecule has 1 unspecified atom stereocenters. The zero-order valence-corrected chi connectivity index (χ0v) is 14.6. The molecule has 0 N–H and O–H groups in total. The lowest BCUT2D eigenvalue weighted by molar-refractivity contribution is -0.141. The summed E-state index contributed by atoms with van der Waals surface area (Å²) in [6.45, 7) is 2.48. The summed E-state index contributed by atoms with van der Waals surface area (Å²) in [7, 11) is 2.09. The van der Waals surface area contributed by atoms with Gasteiger partial charge in [0.1, 0.15) is 0 Å². The minimum atomic E-state index is 0.144. The van der Waals surface area contributed by atoms with Gasteiger partial charge in [-0.15, -0.1) is 0 Å². The maximum atomic E-state index is 12.8. The zero-order chi connectivity index (χ0) is 16.8. The van der Waals surface area contributed by atoms with Crippen LogP contribution in [-0.4, -0.2) is 71.1 Å². The van der Waals surface area contributed by atoms with Gasteiger partial charge in [-0.25, -0.2) is 0 Å². The second-order valence-electron chi connectivity index (χ2n) is 6.90. The first-order valence-corrected chi connectivity index (χ1v) is 9.06. The van der Waals surface area contributed by atoms with E-state index < -0.39 is 0 Å². The molecule has 2 fully saturated rings. The lowest BCUT2D eigenvalue weighted by Gasteiger charge is -2.37. The number of likely N-dealkylation sites (N-methyl/N-ethyl adjacent to an activating group) is 1. The summed E-state index contributed by atoms with van der Waals surface area (Å²) in [6.07, 6.45) is 11.9. The van der Waals surface area contributed by atoms with Crippen LogP contribution in [0.15, 0.2) is 18.6 Å². The number of hydrogen-bond acceptors (Lipinski definition) is 5. The highest BCUT2D eigenvalue weighted by molar-refractivity contribution is 5.78. The van der Waals surface area contributed by atoms with Gasteiger partial charge in [0.05, 0.1) is 31.5 Å². The maximum Gasteiger partial charge on any atom is 0.237 e. The molecular formula is C18H28N4O2. The van der Waals surface area contributed by atoms with Crippen LogP contribution in [0.3, 0.4) is 0 Å². The molecule has 24 heavy (non-hydrogen) atoms. The van der Waals surface area contributed by atoms with Crippen molar-refractivity contribution in [3.63, 3.8) is 0 Å². The molecule has 2 aliphatic rings. The highest BCUT2D eigenvalue weighted by atomic mass is 16.5. The lowest BCUT2D eigenvalue weighted by Crippen LogP contribution is -2.52. The Morgan fingerprint density at radius 3 is 2.96 bits per heavy atom. The number of morpholine rings is 1. The normalized spacial score (nSPS) is 22.2. The van der Waals surface area contributed by atoms with Gasteiger partial charge in [-0.3, -0.25) is 19.7 Å². The van der Waals surface area contributed by atoms with E-state index in [0.29, 0.717) is 32.3 Å². The Kier molecular flexibility index (Phi) is 6.15. The van der Waals surface area contributed by atoms with E-state index in [1.807, 2.05) is 4.90 Å². The van der Waals surface area contributed by atoms with E-state index in [-0.39, 0.29) is 11.9 Å². The van der Waals surface area contributed by atoms with E-state index in [2.05, 4.69) is 21.9 Å². The Labute approximate surface area is 144 Å². The summed E-state index contributed by atoms with van der Waals surface area (Å²) in [5.74, 6) is 0.233. The number of carbonyl (C=O) groups is 1. The molecule has 3 rings (SSSR count). The molecule has 132 valence electrons. The van der Waals surface area contributed by atoms with Gasteiger partial charge in [0.2, 0.25) is 5.91 Å². The molecule has 0 aromatic carbocycles. The first kappa shape index (κ1) is 17.3. The molecule has 6 nitrogen and oxygen atoms in total.